The summed E-state index contributed by atoms with van der Waals surface area (Å²) < 4.78 is 5.21. The number of aromatic nitrogens is 2. The van der Waals surface area contributed by atoms with Gasteiger partial charge in [-0.05, 0) is 25.8 Å². The van der Waals surface area contributed by atoms with Gasteiger partial charge in [0.15, 0.2) is 0 Å². The fourth-order valence-electron chi connectivity index (χ4n) is 1.72. The summed E-state index contributed by atoms with van der Waals surface area (Å²) in [5.41, 5.74) is 7.85. The van der Waals surface area contributed by atoms with Crippen LogP contribution in [0.15, 0.2) is 28.8 Å². The van der Waals surface area contributed by atoms with Crippen molar-refractivity contribution in [3.05, 3.63) is 35.7 Å². The Morgan fingerprint density at radius 2 is 1.89 bits per heavy atom. The van der Waals surface area contributed by atoms with Crippen LogP contribution in [0, 0.1) is 0 Å². The van der Waals surface area contributed by atoms with E-state index in [4.69, 9.17) is 10.3 Å². The van der Waals surface area contributed by atoms with Crippen LogP contribution in [0.4, 0.5) is 0 Å². The van der Waals surface area contributed by atoms with Crippen molar-refractivity contribution in [1.29, 1.82) is 0 Å². The van der Waals surface area contributed by atoms with Gasteiger partial charge in [0.05, 0.1) is 0 Å². The lowest BCUT2D eigenvalue weighted by Crippen LogP contribution is -2.34. The van der Waals surface area contributed by atoms with Crippen molar-refractivity contribution in [2.45, 2.75) is 39.2 Å². The molecule has 4 nitrogen and oxygen atoms in total. The minimum absolute atomic E-state index is 0.337. The summed E-state index contributed by atoms with van der Waals surface area (Å²) in [5.74, 6) is 1.20. The van der Waals surface area contributed by atoms with Crippen LogP contribution >= 0.6 is 0 Å². The van der Waals surface area contributed by atoms with Crippen LogP contribution in [-0.2, 0) is 12.8 Å². The van der Waals surface area contributed by atoms with Crippen LogP contribution in [0.25, 0.3) is 11.4 Å². The van der Waals surface area contributed by atoms with Gasteiger partial charge in [-0.15, -0.1) is 0 Å². The van der Waals surface area contributed by atoms with Gasteiger partial charge < -0.3 is 10.3 Å². The van der Waals surface area contributed by atoms with Crippen LogP contribution in [0.3, 0.4) is 0 Å². The Balaban J connectivity index is 2.18. The lowest BCUT2D eigenvalue weighted by molar-refractivity contribution is 0.348. The van der Waals surface area contributed by atoms with Crippen LogP contribution < -0.4 is 5.73 Å². The summed E-state index contributed by atoms with van der Waals surface area (Å²) >= 11 is 0. The molecule has 0 unspecified atom stereocenters. The number of nitrogens with two attached hydrogens (primary N) is 1. The molecule has 96 valence electrons. The molecule has 0 aliphatic heterocycles. The summed E-state index contributed by atoms with van der Waals surface area (Å²) in [6, 6.07) is 8.19. The van der Waals surface area contributed by atoms with Crippen molar-refractivity contribution in [1.82, 2.24) is 10.1 Å². The van der Waals surface area contributed by atoms with Gasteiger partial charge in [-0.3, -0.25) is 0 Å². The number of hydrogen-bond donors (Lipinski definition) is 1. The molecule has 0 atom stereocenters. The minimum Gasteiger partial charge on any atom is -0.339 e. The molecule has 0 aliphatic carbocycles. The molecular weight excluding hydrogens is 226 g/mol. The van der Waals surface area contributed by atoms with E-state index >= 15 is 0 Å². The van der Waals surface area contributed by atoms with E-state index in [1.165, 1.54) is 5.56 Å². The van der Waals surface area contributed by atoms with Crippen LogP contribution in [-0.4, -0.2) is 15.7 Å². The molecule has 0 saturated heterocycles. The molecule has 0 saturated carbocycles. The minimum atomic E-state index is -0.337. The third-order valence-electron chi connectivity index (χ3n) is 2.70. The van der Waals surface area contributed by atoms with E-state index < -0.39 is 0 Å². The van der Waals surface area contributed by atoms with Gasteiger partial charge in [0.2, 0.25) is 11.7 Å². The molecule has 0 amide bonds. The Labute approximate surface area is 107 Å². The molecule has 2 rings (SSSR count). The van der Waals surface area contributed by atoms with Crippen molar-refractivity contribution < 1.29 is 4.52 Å². The van der Waals surface area contributed by atoms with Gasteiger partial charge in [0.1, 0.15) is 0 Å². The summed E-state index contributed by atoms with van der Waals surface area (Å²) in [7, 11) is 0. The third kappa shape index (κ3) is 3.17. The first kappa shape index (κ1) is 12.8. The maximum absolute atomic E-state index is 5.93. The SMILES string of the molecule is CCc1ccc(-c2noc(CC(C)(C)N)n2)cc1. The molecular formula is C14H19N3O. The van der Waals surface area contributed by atoms with Gasteiger partial charge in [-0.25, -0.2) is 0 Å². The molecule has 0 bridgehead atoms. The first-order valence-corrected chi connectivity index (χ1v) is 6.19. The highest BCUT2D eigenvalue weighted by Gasteiger charge is 2.17. The second kappa shape index (κ2) is 4.90. The van der Waals surface area contributed by atoms with Crippen molar-refractivity contribution in [2.24, 2.45) is 5.73 Å². The normalized spacial score (nSPS) is 11.8. The smallest absolute Gasteiger partial charge is 0.228 e. The van der Waals surface area contributed by atoms with E-state index in [0.29, 0.717) is 18.1 Å². The molecule has 0 spiro atoms. The second-order valence-corrected chi connectivity index (χ2v) is 5.23. The molecule has 4 heteroatoms. The zero-order valence-corrected chi connectivity index (χ0v) is 11.1. The molecule has 0 fully saturated rings. The Morgan fingerprint density at radius 3 is 2.44 bits per heavy atom. The first-order chi connectivity index (χ1) is 8.48. The number of nitrogens with zero attached hydrogens (tertiary/aromatic N) is 2. The third-order valence-corrected chi connectivity index (χ3v) is 2.70. The molecule has 2 aromatic rings. The first-order valence-electron chi connectivity index (χ1n) is 6.19. The van der Waals surface area contributed by atoms with E-state index in [2.05, 4.69) is 29.2 Å². The molecule has 1 aromatic heterocycles. The summed E-state index contributed by atoms with van der Waals surface area (Å²) in [6.07, 6.45) is 1.60. The Morgan fingerprint density at radius 1 is 1.22 bits per heavy atom. The van der Waals surface area contributed by atoms with Crippen molar-refractivity contribution in [3.63, 3.8) is 0 Å². The Hall–Kier alpha value is -1.68. The molecule has 18 heavy (non-hydrogen) atoms. The van der Waals surface area contributed by atoms with Crippen molar-refractivity contribution in [2.75, 3.05) is 0 Å². The Kier molecular flexibility index (Phi) is 3.48. The predicted octanol–water partition coefficient (Wildman–Crippen LogP) is 2.58. The average molecular weight is 245 g/mol. The highest BCUT2D eigenvalue weighted by atomic mass is 16.5. The average Bonchev–Trinajstić information content (AvgIpc) is 2.75. The van der Waals surface area contributed by atoms with E-state index in [1.54, 1.807) is 0 Å². The topological polar surface area (TPSA) is 64.9 Å². The summed E-state index contributed by atoms with van der Waals surface area (Å²) in [6.45, 7) is 6.00. The van der Waals surface area contributed by atoms with Gasteiger partial charge in [0.25, 0.3) is 0 Å². The molecule has 2 N–H and O–H groups in total. The van der Waals surface area contributed by atoms with E-state index in [0.717, 1.165) is 12.0 Å². The quantitative estimate of drug-likeness (QED) is 0.899. The standard InChI is InChI=1S/C14H19N3O/c1-4-10-5-7-11(8-6-10)13-16-12(18-17-13)9-14(2,3)15/h5-8H,4,9,15H2,1-3H3. The van der Waals surface area contributed by atoms with Gasteiger partial charge in [0, 0.05) is 17.5 Å². The van der Waals surface area contributed by atoms with E-state index in [-0.39, 0.29) is 5.54 Å². The van der Waals surface area contributed by atoms with Gasteiger partial charge in [-0.1, -0.05) is 36.3 Å². The number of benzene rings is 1. The van der Waals surface area contributed by atoms with Crippen LogP contribution in [0.2, 0.25) is 0 Å². The van der Waals surface area contributed by atoms with E-state index in [9.17, 15) is 0 Å². The molecule has 1 heterocycles. The van der Waals surface area contributed by atoms with Crippen LogP contribution in [0.5, 0.6) is 0 Å². The monoisotopic (exact) mass is 245 g/mol. The fourth-order valence-corrected chi connectivity index (χ4v) is 1.72. The number of hydrogen-bond acceptors (Lipinski definition) is 4. The van der Waals surface area contributed by atoms with E-state index in [1.807, 2.05) is 26.0 Å². The number of aryl methyl sites for hydroxylation is 1. The predicted molar refractivity (Wildman–Crippen MR) is 71.1 cm³/mol. The second-order valence-electron chi connectivity index (χ2n) is 5.23. The van der Waals surface area contributed by atoms with Crippen LogP contribution in [0.1, 0.15) is 32.2 Å². The fraction of sp³-hybridized carbons (Fsp3) is 0.429. The largest absolute Gasteiger partial charge is 0.339 e. The summed E-state index contributed by atoms with van der Waals surface area (Å²) in [4.78, 5) is 4.36. The maximum Gasteiger partial charge on any atom is 0.228 e. The Bertz CT molecular complexity index is 509. The van der Waals surface area contributed by atoms with Gasteiger partial charge in [-0.2, -0.15) is 4.98 Å². The molecule has 1 aromatic carbocycles. The van der Waals surface area contributed by atoms with Crippen molar-refractivity contribution in [3.8, 4) is 11.4 Å². The molecule has 0 radical (unpaired) electrons. The van der Waals surface area contributed by atoms with Crippen molar-refractivity contribution >= 4 is 0 Å². The lowest BCUT2D eigenvalue weighted by Gasteiger charge is -2.14. The number of rotatable bonds is 4. The highest BCUT2D eigenvalue weighted by Crippen LogP contribution is 2.18. The molecule has 0 aliphatic rings. The maximum atomic E-state index is 5.93. The zero-order valence-electron chi connectivity index (χ0n) is 11.1. The summed E-state index contributed by atoms with van der Waals surface area (Å²) in [5, 5.41) is 3.98. The highest BCUT2D eigenvalue weighted by molar-refractivity contribution is 5.54. The van der Waals surface area contributed by atoms with Gasteiger partial charge >= 0.3 is 0 Å². The zero-order chi connectivity index (χ0) is 13.2. The lowest BCUT2D eigenvalue weighted by atomic mass is 10.0.